The SMILES string of the molecule is [CH2]C(O)C1=CCCC1. The molecule has 1 nitrogen and oxygen atoms in total. The Balaban J connectivity index is 2.45. The third kappa shape index (κ3) is 1.10. The summed E-state index contributed by atoms with van der Waals surface area (Å²) in [6.45, 7) is 3.51. The maximum absolute atomic E-state index is 8.87. The molecule has 1 N–H and O–H groups in total. The van der Waals surface area contributed by atoms with Gasteiger partial charge in [0.25, 0.3) is 0 Å². The molecule has 0 bridgehead atoms. The van der Waals surface area contributed by atoms with E-state index in [1.807, 2.05) is 0 Å². The smallest absolute Gasteiger partial charge is 0.0751 e. The van der Waals surface area contributed by atoms with Crippen LogP contribution in [0.2, 0.25) is 0 Å². The van der Waals surface area contributed by atoms with Crippen molar-refractivity contribution in [1.82, 2.24) is 0 Å². The molecule has 0 saturated carbocycles. The lowest BCUT2D eigenvalue weighted by molar-refractivity contribution is 0.254. The van der Waals surface area contributed by atoms with Crippen LogP contribution in [0, 0.1) is 6.92 Å². The van der Waals surface area contributed by atoms with Crippen LogP contribution in [0.3, 0.4) is 0 Å². The van der Waals surface area contributed by atoms with Crippen LogP contribution in [0.1, 0.15) is 19.3 Å². The highest BCUT2D eigenvalue weighted by molar-refractivity contribution is 5.13. The molecule has 1 atom stereocenters. The molecule has 0 fully saturated rings. The summed E-state index contributed by atoms with van der Waals surface area (Å²) in [5.74, 6) is 0. The summed E-state index contributed by atoms with van der Waals surface area (Å²) in [5.41, 5.74) is 1.12. The average Bonchev–Trinajstić information content (AvgIpc) is 2.12. The van der Waals surface area contributed by atoms with Crippen molar-refractivity contribution < 1.29 is 5.11 Å². The second kappa shape index (κ2) is 2.31. The predicted octanol–water partition coefficient (Wildman–Crippen LogP) is 1.29. The first-order chi connectivity index (χ1) is 3.80. The maximum Gasteiger partial charge on any atom is 0.0751 e. The molecule has 45 valence electrons. The fraction of sp³-hybridized carbons (Fsp3) is 0.571. The Morgan fingerprint density at radius 3 is 2.75 bits per heavy atom. The number of hydrogen-bond donors (Lipinski definition) is 1. The summed E-state index contributed by atoms with van der Waals surface area (Å²) in [6.07, 6.45) is 5.00. The number of aliphatic hydroxyl groups excluding tert-OH is 1. The van der Waals surface area contributed by atoms with E-state index in [-0.39, 0.29) is 0 Å². The summed E-state index contributed by atoms with van der Waals surface area (Å²) in [4.78, 5) is 0. The van der Waals surface area contributed by atoms with Crippen LogP contribution in [0.15, 0.2) is 11.6 Å². The highest BCUT2D eigenvalue weighted by atomic mass is 16.3. The lowest BCUT2D eigenvalue weighted by Crippen LogP contribution is -2.01. The maximum atomic E-state index is 8.87. The highest BCUT2D eigenvalue weighted by Gasteiger charge is 2.08. The van der Waals surface area contributed by atoms with Crippen molar-refractivity contribution in [1.29, 1.82) is 0 Å². The molecule has 0 aromatic heterocycles. The van der Waals surface area contributed by atoms with E-state index >= 15 is 0 Å². The molecule has 0 aromatic carbocycles. The third-order valence-corrected chi connectivity index (χ3v) is 1.50. The average molecular weight is 111 g/mol. The Labute approximate surface area is 50.0 Å². The molecule has 0 saturated heterocycles. The monoisotopic (exact) mass is 111 g/mol. The Kier molecular flexibility index (Phi) is 1.69. The van der Waals surface area contributed by atoms with Crippen molar-refractivity contribution in [3.8, 4) is 0 Å². The van der Waals surface area contributed by atoms with Crippen molar-refractivity contribution in [3.05, 3.63) is 18.6 Å². The minimum absolute atomic E-state index is 0.447. The van der Waals surface area contributed by atoms with Gasteiger partial charge in [-0.2, -0.15) is 0 Å². The molecular formula is C7H11O. The summed E-state index contributed by atoms with van der Waals surface area (Å²) < 4.78 is 0. The van der Waals surface area contributed by atoms with Crippen molar-refractivity contribution in [3.63, 3.8) is 0 Å². The Bertz CT molecular complexity index is 103. The molecule has 1 rings (SSSR count). The molecule has 0 spiro atoms. The van der Waals surface area contributed by atoms with Crippen LogP contribution in [-0.2, 0) is 0 Å². The number of allylic oxidation sites excluding steroid dienone is 1. The zero-order valence-corrected chi connectivity index (χ0v) is 4.93. The number of aliphatic hydroxyl groups is 1. The molecule has 1 aliphatic rings. The summed E-state index contributed by atoms with van der Waals surface area (Å²) >= 11 is 0. The quantitative estimate of drug-likeness (QED) is 0.505. The first-order valence-corrected chi connectivity index (χ1v) is 3.01. The van der Waals surface area contributed by atoms with Crippen molar-refractivity contribution in [2.75, 3.05) is 0 Å². The van der Waals surface area contributed by atoms with E-state index in [1.54, 1.807) is 0 Å². The van der Waals surface area contributed by atoms with E-state index in [9.17, 15) is 0 Å². The van der Waals surface area contributed by atoms with Crippen LogP contribution in [0.4, 0.5) is 0 Å². The summed E-state index contributed by atoms with van der Waals surface area (Å²) in [7, 11) is 0. The second-order valence-corrected chi connectivity index (χ2v) is 2.19. The Hall–Kier alpha value is -0.300. The van der Waals surface area contributed by atoms with Crippen molar-refractivity contribution in [2.24, 2.45) is 0 Å². The van der Waals surface area contributed by atoms with Crippen LogP contribution in [0.25, 0.3) is 0 Å². The lowest BCUT2D eigenvalue weighted by atomic mass is 10.1. The minimum atomic E-state index is -0.447. The van der Waals surface area contributed by atoms with E-state index < -0.39 is 6.10 Å². The molecule has 0 aromatic rings. The normalized spacial score (nSPS) is 23.0. The Morgan fingerprint density at radius 1 is 1.75 bits per heavy atom. The number of hydrogen-bond acceptors (Lipinski definition) is 1. The van der Waals surface area contributed by atoms with Crippen molar-refractivity contribution in [2.45, 2.75) is 25.4 Å². The second-order valence-electron chi connectivity index (χ2n) is 2.19. The van der Waals surface area contributed by atoms with Gasteiger partial charge in [-0.15, -0.1) is 0 Å². The highest BCUT2D eigenvalue weighted by Crippen LogP contribution is 2.19. The van der Waals surface area contributed by atoms with Crippen LogP contribution in [0.5, 0.6) is 0 Å². The van der Waals surface area contributed by atoms with Crippen LogP contribution in [-0.4, -0.2) is 11.2 Å². The topological polar surface area (TPSA) is 20.2 Å². The van der Waals surface area contributed by atoms with E-state index in [0.717, 1.165) is 18.4 Å². The van der Waals surface area contributed by atoms with Crippen molar-refractivity contribution >= 4 is 0 Å². The van der Waals surface area contributed by atoms with Gasteiger partial charge < -0.3 is 5.11 Å². The minimum Gasteiger partial charge on any atom is -0.389 e. The van der Waals surface area contributed by atoms with Gasteiger partial charge in [0, 0.05) is 0 Å². The van der Waals surface area contributed by atoms with Gasteiger partial charge in [-0.3, -0.25) is 0 Å². The summed E-state index contributed by atoms with van der Waals surface area (Å²) in [5, 5.41) is 8.87. The zero-order chi connectivity index (χ0) is 5.98. The van der Waals surface area contributed by atoms with Gasteiger partial charge in [0.05, 0.1) is 6.10 Å². The fourth-order valence-corrected chi connectivity index (χ4v) is 0.998. The molecule has 1 radical (unpaired) electrons. The fourth-order valence-electron chi connectivity index (χ4n) is 0.998. The molecule has 0 aliphatic heterocycles. The van der Waals surface area contributed by atoms with E-state index in [1.165, 1.54) is 6.42 Å². The predicted molar refractivity (Wildman–Crippen MR) is 33.3 cm³/mol. The van der Waals surface area contributed by atoms with Crippen LogP contribution >= 0.6 is 0 Å². The van der Waals surface area contributed by atoms with Crippen LogP contribution < -0.4 is 0 Å². The molecule has 1 aliphatic carbocycles. The molecule has 0 amide bonds. The number of rotatable bonds is 1. The van der Waals surface area contributed by atoms with Gasteiger partial charge >= 0.3 is 0 Å². The molecule has 1 heteroatoms. The zero-order valence-electron chi connectivity index (χ0n) is 4.93. The molecule has 8 heavy (non-hydrogen) atoms. The van der Waals surface area contributed by atoms with Gasteiger partial charge in [0.15, 0.2) is 0 Å². The van der Waals surface area contributed by atoms with Gasteiger partial charge in [-0.1, -0.05) is 6.08 Å². The Morgan fingerprint density at radius 2 is 2.50 bits per heavy atom. The van der Waals surface area contributed by atoms with Gasteiger partial charge in [0.1, 0.15) is 0 Å². The molecule has 1 unspecified atom stereocenters. The third-order valence-electron chi connectivity index (χ3n) is 1.50. The lowest BCUT2D eigenvalue weighted by Gasteiger charge is -2.01. The van der Waals surface area contributed by atoms with Gasteiger partial charge in [-0.25, -0.2) is 0 Å². The largest absolute Gasteiger partial charge is 0.389 e. The van der Waals surface area contributed by atoms with Gasteiger partial charge in [-0.05, 0) is 31.8 Å². The molecular weight excluding hydrogens is 100 g/mol. The van der Waals surface area contributed by atoms with Gasteiger partial charge in [0.2, 0.25) is 0 Å². The van der Waals surface area contributed by atoms with E-state index in [0.29, 0.717) is 0 Å². The first-order valence-electron chi connectivity index (χ1n) is 3.01. The standard InChI is InChI=1S/C7H11O/c1-6(8)7-4-2-3-5-7/h4,6,8H,1-3,5H2. The van der Waals surface area contributed by atoms with E-state index in [4.69, 9.17) is 5.11 Å². The summed E-state index contributed by atoms with van der Waals surface area (Å²) in [6, 6.07) is 0. The first kappa shape index (κ1) is 5.83. The van der Waals surface area contributed by atoms with E-state index in [2.05, 4.69) is 13.0 Å². The molecule has 0 heterocycles.